The highest BCUT2D eigenvalue weighted by atomic mass is 16.2. The maximum Gasteiger partial charge on any atom is 0.251 e. The zero-order valence-corrected chi connectivity index (χ0v) is 28.9. The summed E-state index contributed by atoms with van der Waals surface area (Å²) in [5.41, 5.74) is 4.40. The molecule has 0 saturated heterocycles. The highest BCUT2D eigenvalue weighted by Gasteiger charge is 2.29. The van der Waals surface area contributed by atoms with Crippen LogP contribution in [0.15, 0.2) is 54.6 Å². The van der Waals surface area contributed by atoms with Gasteiger partial charge in [0.1, 0.15) is 23.9 Å². The molecule has 3 aromatic rings. The molecule has 0 fully saturated rings. The molecule has 1 aromatic heterocycles. The standard InChI is InChI=1S/C37H51N7O4/c1-6-33-39-25(4)32(41-33)23-44-19-11-10-18-38-34(45)26(5)40-36(47)30(20-24(2)3)43-37(48)31(21-27-12-8-7-9-13-27)42-35(46)29-16-14-28(22-44)15-17-29/h7-9,12-17,24,26,30-31H,6,10-11,18-23H2,1-5H3,(H,38,45)(H,39,41)(H,40,47)(H,42,46)(H,43,48)/t26-,30+,31-/m1/s1. The second kappa shape index (κ2) is 17.6. The number of aromatic nitrogens is 2. The molecule has 0 spiro atoms. The van der Waals surface area contributed by atoms with Crippen molar-refractivity contribution in [3.8, 4) is 0 Å². The fourth-order valence-electron chi connectivity index (χ4n) is 5.81. The van der Waals surface area contributed by atoms with Gasteiger partial charge in [-0.3, -0.25) is 24.1 Å². The largest absolute Gasteiger partial charge is 0.354 e. The number of benzene rings is 2. The fourth-order valence-corrected chi connectivity index (χ4v) is 5.81. The number of nitrogens with one attached hydrogen (secondary N) is 5. The van der Waals surface area contributed by atoms with Gasteiger partial charge in [-0.25, -0.2) is 4.98 Å². The van der Waals surface area contributed by atoms with Crippen molar-refractivity contribution in [1.29, 1.82) is 0 Å². The first-order chi connectivity index (χ1) is 23.0. The molecule has 3 atom stereocenters. The van der Waals surface area contributed by atoms with E-state index in [1.165, 1.54) is 0 Å². The minimum atomic E-state index is -0.933. The fraction of sp³-hybridized carbons (Fsp3) is 0.486. The maximum absolute atomic E-state index is 13.8. The molecule has 2 bridgehead atoms. The third-order valence-electron chi connectivity index (χ3n) is 8.56. The topological polar surface area (TPSA) is 148 Å². The second-order valence-corrected chi connectivity index (χ2v) is 13.2. The van der Waals surface area contributed by atoms with Crippen LogP contribution in [0.4, 0.5) is 0 Å². The van der Waals surface area contributed by atoms with E-state index in [9.17, 15) is 19.2 Å². The molecule has 0 saturated carbocycles. The average Bonchev–Trinajstić information content (AvgIpc) is 3.42. The van der Waals surface area contributed by atoms with E-state index in [1.54, 1.807) is 19.1 Å². The SMILES string of the molecule is CCc1nc(CN2CCCCNC(=O)[C@@H](C)NC(=O)[C@H](CC(C)C)NC(=O)[C@@H](Cc3ccccc3)NC(=O)c3ccc(cc3)C2)c(C)[nH]1. The van der Waals surface area contributed by atoms with Crippen molar-refractivity contribution in [1.82, 2.24) is 36.1 Å². The zero-order valence-electron chi connectivity index (χ0n) is 28.9. The van der Waals surface area contributed by atoms with Gasteiger partial charge in [-0.05, 0) is 68.8 Å². The summed E-state index contributed by atoms with van der Waals surface area (Å²) < 4.78 is 0. The first-order valence-corrected chi connectivity index (χ1v) is 17.1. The zero-order chi connectivity index (χ0) is 34.6. The van der Waals surface area contributed by atoms with Crippen molar-refractivity contribution in [3.05, 3.63) is 88.5 Å². The molecule has 0 aliphatic carbocycles. The van der Waals surface area contributed by atoms with E-state index in [1.807, 2.05) is 63.2 Å². The number of aryl methyl sites for hydroxylation is 2. The predicted octanol–water partition coefficient (Wildman–Crippen LogP) is 3.57. The van der Waals surface area contributed by atoms with Gasteiger partial charge < -0.3 is 26.3 Å². The number of nitrogens with zero attached hydrogens (tertiary/aromatic N) is 2. The van der Waals surface area contributed by atoms with Crippen LogP contribution in [-0.4, -0.2) is 69.7 Å². The number of hydrogen-bond acceptors (Lipinski definition) is 6. The van der Waals surface area contributed by atoms with Crippen LogP contribution < -0.4 is 21.3 Å². The number of carbonyl (C=O) groups is 4. The number of fused-ring (bicyclic) bond motifs is 18. The van der Waals surface area contributed by atoms with Crippen LogP contribution in [0.3, 0.4) is 0 Å². The smallest absolute Gasteiger partial charge is 0.251 e. The molecule has 2 aromatic carbocycles. The second-order valence-electron chi connectivity index (χ2n) is 13.2. The lowest BCUT2D eigenvalue weighted by atomic mass is 10.0. The van der Waals surface area contributed by atoms with E-state index >= 15 is 0 Å². The summed E-state index contributed by atoms with van der Waals surface area (Å²) in [5, 5.41) is 11.5. The highest BCUT2D eigenvalue weighted by molar-refractivity contribution is 5.99. The molecule has 4 amide bonds. The van der Waals surface area contributed by atoms with E-state index in [4.69, 9.17) is 4.98 Å². The first kappa shape index (κ1) is 36.3. The minimum absolute atomic E-state index is 0.0885. The van der Waals surface area contributed by atoms with Crippen LogP contribution in [0.25, 0.3) is 0 Å². The Bertz CT molecular complexity index is 1520. The van der Waals surface area contributed by atoms with E-state index < -0.39 is 29.9 Å². The number of hydrogen-bond donors (Lipinski definition) is 5. The summed E-state index contributed by atoms with van der Waals surface area (Å²) in [6, 6.07) is 14.3. The maximum atomic E-state index is 13.8. The van der Waals surface area contributed by atoms with Gasteiger partial charge in [0.2, 0.25) is 17.7 Å². The van der Waals surface area contributed by atoms with Crippen molar-refractivity contribution in [2.24, 2.45) is 5.92 Å². The number of imidazole rings is 1. The molecule has 3 heterocycles. The number of aromatic amines is 1. The van der Waals surface area contributed by atoms with Crippen LogP contribution in [0.5, 0.6) is 0 Å². The molecule has 5 N–H and O–H groups in total. The lowest BCUT2D eigenvalue weighted by Crippen LogP contribution is -2.57. The third-order valence-corrected chi connectivity index (χ3v) is 8.56. The Morgan fingerprint density at radius 3 is 2.25 bits per heavy atom. The Balaban J connectivity index is 1.60. The average molecular weight is 658 g/mol. The Hall–Kier alpha value is -4.51. The normalized spacial score (nSPS) is 20.8. The van der Waals surface area contributed by atoms with E-state index in [0.29, 0.717) is 31.6 Å². The predicted molar refractivity (Wildman–Crippen MR) is 186 cm³/mol. The van der Waals surface area contributed by atoms with Crippen LogP contribution in [0, 0.1) is 12.8 Å². The van der Waals surface area contributed by atoms with Gasteiger partial charge in [-0.1, -0.05) is 63.2 Å². The summed E-state index contributed by atoms with van der Waals surface area (Å²) in [5.74, 6) is -0.528. The molecule has 5 rings (SSSR count). The van der Waals surface area contributed by atoms with Crippen LogP contribution in [-0.2, 0) is 40.3 Å². The van der Waals surface area contributed by atoms with E-state index in [-0.39, 0.29) is 24.2 Å². The lowest BCUT2D eigenvalue weighted by molar-refractivity contribution is -0.132. The van der Waals surface area contributed by atoms with Gasteiger partial charge >= 0.3 is 0 Å². The molecule has 258 valence electrons. The van der Waals surface area contributed by atoms with Gasteiger partial charge in [-0.15, -0.1) is 0 Å². The molecular weight excluding hydrogens is 606 g/mol. The molecule has 0 radical (unpaired) electrons. The number of H-pyrrole nitrogens is 1. The van der Waals surface area contributed by atoms with Gasteiger partial charge in [0.25, 0.3) is 5.91 Å². The van der Waals surface area contributed by atoms with Gasteiger partial charge in [0, 0.05) is 43.7 Å². The minimum Gasteiger partial charge on any atom is -0.354 e. The molecular formula is C37H51N7O4. The van der Waals surface area contributed by atoms with Crippen molar-refractivity contribution in [2.45, 2.75) is 97.9 Å². The quantitative estimate of drug-likeness (QED) is 0.246. The molecule has 11 nitrogen and oxygen atoms in total. The van der Waals surface area contributed by atoms with E-state index in [2.05, 4.69) is 38.1 Å². The van der Waals surface area contributed by atoms with Crippen molar-refractivity contribution in [3.63, 3.8) is 0 Å². The van der Waals surface area contributed by atoms with Gasteiger partial charge in [0.15, 0.2) is 0 Å². The summed E-state index contributed by atoms with van der Waals surface area (Å²) in [7, 11) is 0. The Morgan fingerprint density at radius 1 is 0.875 bits per heavy atom. The van der Waals surface area contributed by atoms with Crippen molar-refractivity contribution in [2.75, 3.05) is 13.1 Å². The summed E-state index contributed by atoms with van der Waals surface area (Å²) in [6.45, 7) is 12.2. The molecule has 2 aliphatic rings. The number of rotatable bonds is 7. The third kappa shape index (κ3) is 10.8. The molecule has 0 unspecified atom stereocenters. The van der Waals surface area contributed by atoms with Gasteiger partial charge in [-0.2, -0.15) is 0 Å². The number of amides is 4. The lowest BCUT2D eigenvalue weighted by Gasteiger charge is -2.25. The van der Waals surface area contributed by atoms with Crippen LogP contribution in [0.1, 0.15) is 85.7 Å². The Morgan fingerprint density at radius 2 is 1.58 bits per heavy atom. The van der Waals surface area contributed by atoms with Crippen LogP contribution >= 0.6 is 0 Å². The Kier molecular flexibility index (Phi) is 13.3. The van der Waals surface area contributed by atoms with Crippen molar-refractivity contribution < 1.29 is 19.2 Å². The molecule has 2 aliphatic heterocycles. The first-order valence-electron chi connectivity index (χ1n) is 17.1. The highest BCUT2D eigenvalue weighted by Crippen LogP contribution is 2.15. The summed E-state index contributed by atoms with van der Waals surface area (Å²) in [4.78, 5) is 64.1. The molecule has 48 heavy (non-hydrogen) atoms. The van der Waals surface area contributed by atoms with Crippen molar-refractivity contribution >= 4 is 23.6 Å². The Labute approximate surface area is 284 Å². The summed E-state index contributed by atoms with van der Waals surface area (Å²) in [6.07, 6.45) is 3.04. The number of carbonyl (C=O) groups excluding carboxylic acids is 4. The van der Waals surface area contributed by atoms with Gasteiger partial charge in [0.05, 0.1) is 5.69 Å². The monoisotopic (exact) mass is 657 g/mol. The molecule has 11 heteroatoms. The van der Waals surface area contributed by atoms with Crippen LogP contribution in [0.2, 0.25) is 0 Å². The van der Waals surface area contributed by atoms with E-state index in [0.717, 1.165) is 54.1 Å². The summed E-state index contributed by atoms with van der Waals surface area (Å²) >= 11 is 0.